The Kier molecular flexibility index (Phi) is 5.22. The van der Waals surface area contributed by atoms with Gasteiger partial charge < -0.3 is 11.1 Å². The van der Waals surface area contributed by atoms with Crippen molar-refractivity contribution in [2.75, 3.05) is 5.73 Å². The van der Waals surface area contributed by atoms with Crippen LogP contribution in [0.2, 0.25) is 0 Å². The number of fused-ring (bicyclic) bond motifs is 2. The molecule has 0 unspecified atom stereocenters. The van der Waals surface area contributed by atoms with E-state index in [-0.39, 0.29) is 5.91 Å². The lowest BCUT2D eigenvalue weighted by Crippen LogP contribution is -2.23. The van der Waals surface area contributed by atoms with Crippen molar-refractivity contribution in [1.82, 2.24) is 24.7 Å². The van der Waals surface area contributed by atoms with Gasteiger partial charge in [0, 0.05) is 48.2 Å². The van der Waals surface area contributed by atoms with E-state index in [1.807, 2.05) is 54.9 Å². The molecule has 1 amide bonds. The molecule has 4 heterocycles. The number of nitrogens with one attached hydrogen (secondary N) is 1. The molecule has 0 fully saturated rings. The summed E-state index contributed by atoms with van der Waals surface area (Å²) in [7, 11) is 0. The lowest BCUT2D eigenvalue weighted by Gasteiger charge is -2.08. The van der Waals surface area contributed by atoms with Gasteiger partial charge in [-0.15, -0.1) is 0 Å². The first-order valence-electron chi connectivity index (χ1n) is 10.8. The molecule has 0 atom stereocenters. The molecule has 7 heteroatoms. The van der Waals surface area contributed by atoms with Crippen LogP contribution in [0.25, 0.3) is 16.4 Å². The zero-order chi connectivity index (χ0) is 22.9. The molecule has 0 aliphatic carbocycles. The number of carbonyl (C=O) groups excluding carboxylic acids is 1. The summed E-state index contributed by atoms with van der Waals surface area (Å²) in [6.45, 7) is 4.36. The van der Waals surface area contributed by atoms with Gasteiger partial charge in [0.05, 0.1) is 16.7 Å². The number of benzene rings is 1. The van der Waals surface area contributed by atoms with Gasteiger partial charge in [0.15, 0.2) is 0 Å². The second-order valence-corrected chi connectivity index (χ2v) is 8.28. The van der Waals surface area contributed by atoms with Crippen molar-refractivity contribution in [2.45, 2.75) is 26.8 Å². The molecular formula is C26H24N6O. The van der Waals surface area contributed by atoms with E-state index >= 15 is 0 Å². The van der Waals surface area contributed by atoms with Crippen LogP contribution in [0.15, 0.2) is 67.1 Å². The van der Waals surface area contributed by atoms with Crippen molar-refractivity contribution in [3.8, 4) is 0 Å². The average molecular weight is 437 g/mol. The number of hydrogen-bond donors (Lipinski definition) is 2. The standard InChI is InChI=1S/C26H24N6O/c1-16-9-21-10-18(3-4-23(21)29-14-16)11-22-13-20(5-7-28-22)25(33)30-15-19-6-8-32-24(12-19)17(2)31-26(32)27/h3-10,12-14H,11,15H2,1-2H3,(H2,27,31)(H,30,33). The Bertz CT molecular complexity index is 1500. The summed E-state index contributed by atoms with van der Waals surface area (Å²) in [5, 5.41) is 4.10. The van der Waals surface area contributed by atoms with Crippen LogP contribution in [0.5, 0.6) is 0 Å². The number of rotatable bonds is 5. The van der Waals surface area contributed by atoms with Gasteiger partial charge in [-0.05, 0) is 73.0 Å². The van der Waals surface area contributed by atoms with Crippen molar-refractivity contribution in [2.24, 2.45) is 0 Å². The van der Waals surface area contributed by atoms with Crippen LogP contribution in [0.3, 0.4) is 0 Å². The fourth-order valence-corrected chi connectivity index (χ4v) is 4.03. The number of nitrogen functional groups attached to an aromatic ring is 1. The molecule has 33 heavy (non-hydrogen) atoms. The molecule has 1 aromatic carbocycles. The Morgan fingerprint density at radius 2 is 1.91 bits per heavy atom. The van der Waals surface area contributed by atoms with E-state index in [0.717, 1.165) is 44.5 Å². The quantitative estimate of drug-likeness (QED) is 0.434. The number of anilines is 1. The summed E-state index contributed by atoms with van der Waals surface area (Å²) in [6.07, 6.45) is 6.07. The topological polar surface area (TPSA) is 98.2 Å². The lowest BCUT2D eigenvalue weighted by molar-refractivity contribution is 0.0950. The number of pyridine rings is 3. The van der Waals surface area contributed by atoms with Gasteiger partial charge in [0.2, 0.25) is 5.95 Å². The predicted molar refractivity (Wildman–Crippen MR) is 129 cm³/mol. The first-order valence-corrected chi connectivity index (χ1v) is 10.8. The van der Waals surface area contributed by atoms with Crippen LogP contribution in [0.1, 0.15) is 38.4 Å². The molecule has 5 aromatic rings. The van der Waals surface area contributed by atoms with Crippen molar-refractivity contribution in [1.29, 1.82) is 0 Å². The van der Waals surface area contributed by atoms with Gasteiger partial charge in [-0.3, -0.25) is 19.2 Å². The number of aromatic nitrogens is 4. The molecule has 4 aromatic heterocycles. The van der Waals surface area contributed by atoms with Crippen LogP contribution >= 0.6 is 0 Å². The largest absolute Gasteiger partial charge is 0.369 e. The maximum atomic E-state index is 12.8. The minimum atomic E-state index is -0.137. The summed E-state index contributed by atoms with van der Waals surface area (Å²) in [6, 6.07) is 15.8. The minimum absolute atomic E-state index is 0.137. The summed E-state index contributed by atoms with van der Waals surface area (Å²) in [5.41, 5.74) is 13.3. The number of hydrogen-bond acceptors (Lipinski definition) is 5. The summed E-state index contributed by atoms with van der Waals surface area (Å²) < 4.78 is 1.83. The normalized spacial score (nSPS) is 11.2. The van der Waals surface area contributed by atoms with Crippen LogP contribution in [-0.2, 0) is 13.0 Å². The molecule has 0 aliphatic rings. The number of nitrogens with two attached hydrogens (primary N) is 1. The minimum Gasteiger partial charge on any atom is -0.369 e. The Balaban J connectivity index is 1.29. The van der Waals surface area contributed by atoms with Crippen molar-refractivity contribution in [3.63, 3.8) is 0 Å². The number of aryl methyl sites for hydroxylation is 2. The van der Waals surface area contributed by atoms with Crippen LogP contribution in [0.4, 0.5) is 5.95 Å². The third-order valence-corrected chi connectivity index (χ3v) is 5.72. The van der Waals surface area contributed by atoms with Gasteiger partial charge in [-0.2, -0.15) is 0 Å². The molecular weight excluding hydrogens is 412 g/mol. The molecule has 164 valence electrons. The molecule has 3 N–H and O–H groups in total. The highest BCUT2D eigenvalue weighted by molar-refractivity contribution is 5.94. The predicted octanol–water partition coefficient (Wildman–Crippen LogP) is 4.00. The Labute approximate surface area is 191 Å². The van der Waals surface area contributed by atoms with E-state index < -0.39 is 0 Å². The lowest BCUT2D eigenvalue weighted by atomic mass is 10.0. The van der Waals surface area contributed by atoms with Gasteiger partial charge in [-0.25, -0.2) is 4.98 Å². The van der Waals surface area contributed by atoms with E-state index in [4.69, 9.17) is 5.73 Å². The maximum absolute atomic E-state index is 12.8. The first-order chi connectivity index (χ1) is 16.0. The van der Waals surface area contributed by atoms with E-state index in [1.54, 1.807) is 12.3 Å². The highest BCUT2D eigenvalue weighted by Crippen LogP contribution is 2.18. The zero-order valence-corrected chi connectivity index (χ0v) is 18.5. The number of carbonyl (C=O) groups is 1. The third kappa shape index (κ3) is 4.25. The summed E-state index contributed by atoms with van der Waals surface area (Å²) in [5.74, 6) is 0.321. The smallest absolute Gasteiger partial charge is 0.251 e. The van der Waals surface area contributed by atoms with E-state index in [0.29, 0.717) is 24.5 Å². The Morgan fingerprint density at radius 3 is 2.79 bits per heavy atom. The second kappa shape index (κ2) is 8.35. The van der Waals surface area contributed by atoms with E-state index in [1.165, 1.54) is 0 Å². The van der Waals surface area contributed by atoms with Crippen LogP contribution in [0, 0.1) is 13.8 Å². The third-order valence-electron chi connectivity index (χ3n) is 5.72. The van der Waals surface area contributed by atoms with Gasteiger partial charge in [0.25, 0.3) is 5.91 Å². The molecule has 0 saturated heterocycles. The van der Waals surface area contributed by atoms with Crippen molar-refractivity contribution >= 4 is 28.3 Å². The number of nitrogens with zero attached hydrogens (tertiary/aromatic N) is 4. The van der Waals surface area contributed by atoms with E-state index in [9.17, 15) is 4.79 Å². The fraction of sp³-hybridized carbons (Fsp3) is 0.154. The average Bonchev–Trinajstić information content (AvgIpc) is 3.10. The summed E-state index contributed by atoms with van der Waals surface area (Å²) >= 11 is 0. The second-order valence-electron chi connectivity index (χ2n) is 8.28. The Hall–Kier alpha value is -4.26. The van der Waals surface area contributed by atoms with Crippen molar-refractivity contribution < 1.29 is 4.79 Å². The molecule has 0 aliphatic heterocycles. The van der Waals surface area contributed by atoms with Gasteiger partial charge in [-0.1, -0.05) is 6.07 Å². The van der Waals surface area contributed by atoms with Gasteiger partial charge >= 0.3 is 0 Å². The van der Waals surface area contributed by atoms with Crippen LogP contribution < -0.4 is 11.1 Å². The highest BCUT2D eigenvalue weighted by Gasteiger charge is 2.10. The SMILES string of the molecule is Cc1cnc2ccc(Cc3cc(C(=O)NCc4ccn5c(N)nc(C)c5c4)ccn3)cc2c1. The van der Waals surface area contributed by atoms with E-state index in [2.05, 4.69) is 38.5 Å². The highest BCUT2D eigenvalue weighted by atomic mass is 16.1. The Morgan fingerprint density at radius 1 is 1.03 bits per heavy atom. The maximum Gasteiger partial charge on any atom is 0.251 e. The molecule has 0 bridgehead atoms. The molecule has 0 radical (unpaired) electrons. The zero-order valence-electron chi connectivity index (χ0n) is 18.5. The molecule has 0 spiro atoms. The first kappa shape index (κ1) is 20.6. The van der Waals surface area contributed by atoms with Crippen molar-refractivity contribution in [3.05, 3.63) is 101 Å². The van der Waals surface area contributed by atoms with Crippen LogP contribution in [-0.4, -0.2) is 25.3 Å². The monoisotopic (exact) mass is 436 g/mol. The fourth-order valence-electron chi connectivity index (χ4n) is 4.03. The molecule has 5 rings (SSSR count). The summed E-state index contributed by atoms with van der Waals surface area (Å²) in [4.78, 5) is 26.0. The number of amides is 1. The van der Waals surface area contributed by atoms with Gasteiger partial charge in [0.1, 0.15) is 0 Å². The molecule has 0 saturated carbocycles. The number of imidazole rings is 1. The molecule has 7 nitrogen and oxygen atoms in total.